The van der Waals surface area contributed by atoms with E-state index < -0.39 is 0 Å². The molecule has 1 atom stereocenters. The second kappa shape index (κ2) is 8.12. The highest BCUT2D eigenvalue weighted by molar-refractivity contribution is 6.32. The Hall–Kier alpha value is -1.26. The SMILES string of the molecule is COc1cc(NC(=O)CC(CN)CC(C)C)ccc1Cl. The first-order valence-electron chi connectivity index (χ1n) is 6.79. The number of benzene rings is 1. The van der Waals surface area contributed by atoms with Gasteiger partial charge in [-0.25, -0.2) is 0 Å². The van der Waals surface area contributed by atoms with E-state index in [1.54, 1.807) is 25.3 Å². The fraction of sp³-hybridized carbons (Fsp3) is 0.533. The van der Waals surface area contributed by atoms with Gasteiger partial charge in [0.25, 0.3) is 0 Å². The predicted molar refractivity (Wildman–Crippen MR) is 83.3 cm³/mol. The van der Waals surface area contributed by atoms with Gasteiger partial charge in [-0.15, -0.1) is 0 Å². The van der Waals surface area contributed by atoms with Gasteiger partial charge in [-0.3, -0.25) is 4.79 Å². The zero-order valence-corrected chi connectivity index (χ0v) is 13.0. The van der Waals surface area contributed by atoms with Crippen LogP contribution in [0.2, 0.25) is 5.02 Å². The summed E-state index contributed by atoms with van der Waals surface area (Å²) in [5, 5.41) is 3.37. The number of anilines is 1. The normalized spacial score (nSPS) is 12.3. The number of methoxy groups -OCH3 is 1. The summed E-state index contributed by atoms with van der Waals surface area (Å²) >= 11 is 5.94. The smallest absolute Gasteiger partial charge is 0.224 e. The average Bonchev–Trinajstić information content (AvgIpc) is 2.39. The van der Waals surface area contributed by atoms with Gasteiger partial charge in [0, 0.05) is 18.2 Å². The topological polar surface area (TPSA) is 64.3 Å². The molecule has 0 fully saturated rings. The van der Waals surface area contributed by atoms with E-state index in [9.17, 15) is 4.79 Å². The number of hydrogen-bond acceptors (Lipinski definition) is 3. The number of nitrogens with two attached hydrogens (primary N) is 1. The monoisotopic (exact) mass is 298 g/mol. The van der Waals surface area contributed by atoms with Crippen molar-refractivity contribution in [2.24, 2.45) is 17.6 Å². The molecule has 0 aliphatic rings. The Kier molecular flexibility index (Phi) is 6.82. The second-order valence-electron chi connectivity index (χ2n) is 5.33. The molecule has 0 aliphatic heterocycles. The van der Waals surface area contributed by atoms with Crippen molar-refractivity contribution in [1.82, 2.24) is 0 Å². The van der Waals surface area contributed by atoms with Gasteiger partial charge in [0.2, 0.25) is 5.91 Å². The number of rotatable bonds is 7. The number of hydrogen-bond donors (Lipinski definition) is 2. The first kappa shape index (κ1) is 16.8. The van der Waals surface area contributed by atoms with E-state index in [4.69, 9.17) is 22.1 Å². The number of amides is 1. The highest BCUT2D eigenvalue weighted by atomic mass is 35.5. The molecule has 112 valence electrons. The van der Waals surface area contributed by atoms with Crippen LogP contribution in [0.4, 0.5) is 5.69 Å². The summed E-state index contributed by atoms with van der Waals surface area (Å²) in [5.74, 6) is 1.25. The Labute approximate surface area is 125 Å². The Morgan fingerprint density at radius 3 is 2.70 bits per heavy atom. The summed E-state index contributed by atoms with van der Waals surface area (Å²) in [7, 11) is 1.54. The summed E-state index contributed by atoms with van der Waals surface area (Å²) in [6, 6.07) is 5.16. The molecule has 1 amide bonds. The van der Waals surface area contributed by atoms with Crippen LogP contribution in [0, 0.1) is 11.8 Å². The van der Waals surface area contributed by atoms with Crippen molar-refractivity contribution < 1.29 is 9.53 Å². The fourth-order valence-corrected chi connectivity index (χ4v) is 2.34. The lowest BCUT2D eigenvalue weighted by molar-refractivity contribution is -0.117. The van der Waals surface area contributed by atoms with Gasteiger partial charge >= 0.3 is 0 Å². The summed E-state index contributed by atoms with van der Waals surface area (Å²) in [4.78, 5) is 12.0. The van der Waals surface area contributed by atoms with Crippen LogP contribution in [-0.2, 0) is 4.79 Å². The average molecular weight is 299 g/mol. The van der Waals surface area contributed by atoms with Crippen molar-refractivity contribution in [3.8, 4) is 5.75 Å². The van der Waals surface area contributed by atoms with Gasteiger partial charge in [-0.2, -0.15) is 0 Å². The van der Waals surface area contributed by atoms with Crippen molar-refractivity contribution in [2.45, 2.75) is 26.7 Å². The molecule has 0 spiro atoms. The van der Waals surface area contributed by atoms with Gasteiger partial charge in [-0.05, 0) is 36.9 Å². The lowest BCUT2D eigenvalue weighted by atomic mass is 9.94. The molecule has 4 nitrogen and oxygen atoms in total. The number of carbonyl (C=O) groups is 1. The molecular weight excluding hydrogens is 276 g/mol. The molecular formula is C15H23ClN2O2. The maximum absolute atomic E-state index is 12.0. The fourth-order valence-electron chi connectivity index (χ4n) is 2.14. The lowest BCUT2D eigenvalue weighted by Gasteiger charge is -2.16. The maximum Gasteiger partial charge on any atom is 0.224 e. The van der Waals surface area contributed by atoms with E-state index in [1.807, 2.05) is 0 Å². The summed E-state index contributed by atoms with van der Waals surface area (Å²) in [6.07, 6.45) is 1.38. The van der Waals surface area contributed by atoms with Gasteiger partial charge in [0.05, 0.1) is 12.1 Å². The zero-order chi connectivity index (χ0) is 15.1. The number of ether oxygens (including phenoxy) is 1. The van der Waals surface area contributed by atoms with Crippen LogP contribution in [0.5, 0.6) is 5.75 Å². The Morgan fingerprint density at radius 1 is 1.45 bits per heavy atom. The van der Waals surface area contributed by atoms with E-state index in [-0.39, 0.29) is 11.8 Å². The summed E-state index contributed by atoms with van der Waals surface area (Å²) in [6.45, 7) is 4.78. The van der Waals surface area contributed by atoms with Crippen molar-refractivity contribution in [3.05, 3.63) is 23.2 Å². The number of halogens is 1. The first-order chi connectivity index (χ1) is 9.46. The first-order valence-corrected chi connectivity index (χ1v) is 7.17. The van der Waals surface area contributed by atoms with E-state index in [1.165, 1.54) is 0 Å². The van der Waals surface area contributed by atoms with Gasteiger partial charge in [-0.1, -0.05) is 25.4 Å². The molecule has 1 aromatic rings. The van der Waals surface area contributed by atoms with E-state index in [0.29, 0.717) is 35.3 Å². The summed E-state index contributed by atoms with van der Waals surface area (Å²) in [5.41, 5.74) is 6.39. The molecule has 0 bridgehead atoms. The standard InChI is InChI=1S/C15H23ClN2O2/c1-10(2)6-11(9-17)7-15(19)18-12-4-5-13(16)14(8-12)20-3/h4-5,8,10-11H,6-7,9,17H2,1-3H3,(H,18,19). The second-order valence-corrected chi connectivity index (χ2v) is 5.74. The highest BCUT2D eigenvalue weighted by Gasteiger charge is 2.14. The Balaban J connectivity index is 2.61. The third-order valence-electron chi connectivity index (χ3n) is 3.05. The molecule has 0 saturated heterocycles. The van der Waals surface area contributed by atoms with Crippen LogP contribution in [0.15, 0.2) is 18.2 Å². The van der Waals surface area contributed by atoms with Crippen molar-refractivity contribution in [2.75, 3.05) is 19.0 Å². The molecule has 3 N–H and O–H groups in total. The third-order valence-corrected chi connectivity index (χ3v) is 3.36. The lowest BCUT2D eigenvalue weighted by Crippen LogP contribution is -2.23. The van der Waals surface area contributed by atoms with Gasteiger partial charge in [0.15, 0.2) is 0 Å². The van der Waals surface area contributed by atoms with Crippen LogP contribution < -0.4 is 15.8 Å². The molecule has 0 saturated carbocycles. The van der Waals surface area contributed by atoms with Crippen LogP contribution in [0.25, 0.3) is 0 Å². The molecule has 1 aromatic carbocycles. The Bertz CT molecular complexity index is 449. The maximum atomic E-state index is 12.0. The minimum absolute atomic E-state index is 0.0366. The van der Waals surface area contributed by atoms with Gasteiger partial charge in [0.1, 0.15) is 5.75 Å². The molecule has 0 radical (unpaired) electrons. The molecule has 20 heavy (non-hydrogen) atoms. The van der Waals surface area contributed by atoms with E-state index >= 15 is 0 Å². The largest absolute Gasteiger partial charge is 0.495 e. The number of nitrogens with one attached hydrogen (secondary N) is 1. The van der Waals surface area contributed by atoms with Gasteiger partial charge < -0.3 is 15.8 Å². The predicted octanol–water partition coefficient (Wildman–Crippen LogP) is 3.30. The van der Waals surface area contributed by atoms with Crippen molar-refractivity contribution >= 4 is 23.2 Å². The minimum atomic E-state index is -0.0366. The molecule has 0 aliphatic carbocycles. The zero-order valence-electron chi connectivity index (χ0n) is 12.3. The van der Waals surface area contributed by atoms with Crippen molar-refractivity contribution in [1.29, 1.82) is 0 Å². The van der Waals surface area contributed by atoms with Crippen LogP contribution in [-0.4, -0.2) is 19.6 Å². The van der Waals surface area contributed by atoms with Crippen LogP contribution in [0.1, 0.15) is 26.7 Å². The molecule has 0 heterocycles. The molecule has 1 rings (SSSR count). The molecule has 0 aromatic heterocycles. The third kappa shape index (κ3) is 5.39. The minimum Gasteiger partial charge on any atom is -0.495 e. The number of carbonyl (C=O) groups excluding carboxylic acids is 1. The molecule has 5 heteroatoms. The van der Waals surface area contributed by atoms with Crippen molar-refractivity contribution in [3.63, 3.8) is 0 Å². The summed E-state index contributed by atoms with van der Waals surface area (Å²) < 4.78 is 5.12. The Morgan fingerprint density at radius 2 is 2.15 bits per heavy atom. The van der Waals surface area contributed by atoms with Crippen LogP contribution in [0.3, 0.4) is 0 Å². The van der Waals surface area contributed by atoms with Crippen LogP contribution >= 0.6 is 11.6 Å². The van der Waals surface area contributed by atoms with E-state index in [2.05, 4.69) is 19.2 Å². The quantitative estimate of drug-likeness (QED) is 0.812. The molecule has 1 unspecified atom stereocenters. The van der Waals surface area contributed by atoms with E-state index in [0.717, 1.165) is 6.42 Å². The highest BCUT2D eigenvalue weighted by Crippen LogP contribution is 2.27.